The van der Waals surface area contributed by atoms with Gasteiger partial charge in [-0.3, -0.25) is 4.79 Å². The lowest BCUT2D eigenvalue weighted by molar-refractivity contribution is -0.161. The van der Waals surface area contributed by atoms with Crippen molar-refractivity contribution in [1.82, 2.24) is 0 Å². The van der Waals surface area contributed by atoms with Crippen LogP contribution < -0.4 is 0 Å². The molecule has 0 bridgehead atoms. The normalized spacial score (nSPS) is 35.5. The van der Waals surface area contributed by atoms with E-state index in [-0.39, 0.29) is 23.9 Å². The average Bonchev–Trinajstić information content (AvgIpc) is 2.98. The Bertz CT molecular complexity index is 880. The van der Waals surface area contributed by atoms with Crippen molar-refractivity contribution in [3.8, 4) is 0 Å². The zero-order valence-electron chi connectivity index (χ0n) is 19.1. The van der Waals surface area contributed by atoms with Crippen LogP contribution in [0, 0.1) is 17.3 Å². The quantitative estimate of drug-likeness (QED) is 0.315. The molecule has 31 heavy (non-hydrogen) atoms. The first-order chi connectivity index (χ1) is 14.4. The molecule has 3 rings (SSSR count). The van der Waals surface area contributed by atoms with Crippen LogP contribution >= 0.6 is 0 Å². The van der Waals surface area contributed by atoms with E-state index in [9.17, 15) is 19.5 Å². The minimum atomic E-state index is -0.867. The van der Waals surface area contributed by atoms with Crippen molar-refractivity contribution in [1.29, 1.82) is 0 Å². The number of aliphatic hydroxyl groups is 1. The number of allylic oxidation sites excluding steroid dienone is 1. The maximum Gasteiger partial charge on any atom is 0.334 e. The summed E-state index contributed by atoms with van der Waals surface area (Å²) in [6.07, 6.45) is -0.650. The zero-order chi connectivity index (χ0) is 23.2. The molecule has 1 saturated heterocycles. The number of carbonyl (C=O) groups excluding carboxylic acids is 3. The molecular formula is C24H32O7. The van der Waals surface area contributed by atoms with Crippen molar-refractivity contribution in [3.63, 3.8) is 0 Å². The molecule has 1 aliphatic heterocycles. The van der Waals surface area contributed by atoms with Gasteiger partial charge in [0.25, 0.3) is 0 Å². The van der Waals surface area contributed by atoms with Crippen molar-refractivity contribution in [2.75, 3.05) is 0 Å². The van der Waals surface area contributed by atoms with E-state index in [4.69, 9.17) is 14.2 Å². The number of hydrogen-bond donors (Lipinski definition) is 1. The van der Waals surface area contributed by atoms with Crippen LogP contribution in [0.4, 0.5) is 0 Å². The molecule has 0 aromatic heterocycles. The van der Waals surface area contributed by atoms with Gasteiger partial charge in [0.2, 0.25) is 0 Å². The second-order valence-corrected chi connectivity index (χ2v) is 9.34. The Kier molecular flexibility index (Phi) is 6.20. The SMILES string of the molecule is C=C1C(=O)OC2CC3(C)C(=C(C)C(OC(=O)C(C)C)CC3O)C(OC(=O)C(C)=CC)C12. The fourth-order valence-corrected chi connectivity index (χ4v) is 4.90. The van der Waals surface area contributed by atoms with Gasteiger partial charge in [-0.25, -0.2) is 9.59 Å². The first kappa shape index (κ1) is 23.3. The molecule has 170 valence electrons. The van der Waals surface area contributed by atoms with Crippen LogP contribution in [0.3, 0.4) is 0 Å². The van der Waals surface area contributed by atoms with Gasteiger partial charge in [-0.1, -0.05) is 33.4 Å². The average molecular weight is 433 g/mol. The number of esters is 3. The van der Waals surface area contributed by atoms with Gasteiger partial charge in [0.1, 0.15) is 18.3 Å². The van der Waals surface area contributed by atoms with E-state index in [0.717, 1.165) is 5.57 Å². The lowest BCUT2D eigenvalue weighted by Crippen LogP contribution is -2.55. The molecule has 6 unspecified atom stereocenters. The molecular weight excluding hydrogens is 400 g/mol. The summed E-state index contributed by atoms with van der Waals surface area (Å²) >= 11 is 0. The highest BCUT2D eigenvalue weighted by Crippen LogP contribution is 2.56. The number of fused-ring (bicyclic) bond motifs is 2. The van der Waals surface area contributed by atoms with Gasteiger partial charge in [0.15, 0.2) is 0 Å². The number of carbonyl (C=O) groups is 3. The maximum absolute atomic E-state index is 12.7. The molecule has 1 N–H and O–H groups in total. The van der Waals surface area contributed by atoms with Crippen LogP contribution in [0.5, 0.6) is 0 Å². The summed E-state index contributed by atoms with van der Waals surface area (Å²) in [5.41, 5.74) is 1.30. The lowest BCUT2D eigenvalue weighted by Gasteiger charge is -2.52. The molecule has 0 spiro atoms. The van der Waals surface area contributed by atoms with E-state index in [2.05, 4.69) is 6.58 Å². The number of ether oxygens (including phenoxy) is 3. The zero-order valence-corrected chi connectivity index (χ0v) is 19.1. The van der Waals surface area contributed by atoms with Crippen LogP contribution in [0.2, 0.25) is 0 Å². The Morgan fingerprint density at radius 1 is 1.32 bits per heavy atom. The third-order valence-electron chi connectivity index (χ3n) is 6.97. The minimum Gasteiger partial charge on any atom is -0.458 e. The molecule has 0 aromatic rings. The largest absolute Gasteiger partial charge is 0.458 e. The summed E-state index contributed by atoms with van der Waals surface area (Å²) in [7, 11) is 0. The van der Waals surface area contributed by atoms with E-state index in [1.165, 1.54) is 0 Å². The predicted octanol–water partition coefficient (Wildman–Crippen LogP) is 3.02. The van der Waals surface area contributed by atoms with Crippen molar-refractivity contribution < 1.29 is 33.7 Å². The maximum atomic E-state index is 12.7. The second-order valence-electron chi connectivity index (χ2n) is 9.34. The fraction of sp³-hybridized carbons (Fsp3) is 0.625. The summed E-state index contributed by atoms with van der Waals surface area (Å²) in [5.74, 6) is -2.26. The topological polar surface area (TPSA) is 99.1 Å². The third-order valence-corrected chi connectivity index (χ3v) is 6.97. The summed E-state index contributed by atoms with van der Waals surface area (Å²) in [6.45, 7) is 14.5. The Hall–Kier alpha value is -2.41. The van der Waals surface area contributed by atoms with Gasteiger partial charge >= 0.3 is 17.9 Å². The first-order valence-corrected chi connectivity index (χ1v) is 10.8. The molecule has 7 nitrogen and oxygen atoms in total. The second kappa shape index (κ2) is 8.26. The van der Waals surface area contributed by atoms with E-state index < -0.39 is 47.7 Å². The number of hydrogen-bond acceptors (Lipinski definition) is 7. The van der Waals surface area contributed by atoms with Gasteiger partial charge in [0, 0.05) is 23.0 Å². The summed E-state index contributed by atoms with van der Waals surface area (Å²) < 4.78 is 17.1. The molecule has 0 aromatic carbocycles. The lowest BCUT2D eigenvalue weighted by atomic mass is 9.57. The fourth-order valence-electron chi connectivity index (χ4n) is 4.90. The predicted molar refractivity (Wildman–Crippen MR) is 113 cm³/mol. The Morgan fingerprint density at radius 3 is 2.55 bits per heavy atom. The Labute approximate surface area is 183 Å². The van der Waals surface area contributed by atoms with Gasteiger partial charge in [0.05, 0.1) is 17.9 Å². The molecule has 0 radical (unpaired) electrons. The van der Waals surface area contributed by atoms with Gasteiger partial charge in [-0.05, 0) is 38.3 Å². The summed E-state index contributed by atoms with van der Waals surface area (Å²) in [4.78, 5) is 37.3. The molecule has 2 fully saturated rings. The number of rotatable bonds is 4. The highest BCUT2D eigenvalue weighted by molar-refractivity contribution is 5.92. The Balaban J connectivity index is 2.12. The van der Waals surface area contributed by atoms with Gasteiger partial charge in [-0.15, -0.1) is 0 Å². The van der Waals surface area contributed by atoms with Crippen LogP contribution in [-0.2, 0) is 28.6 Å². The smallest absolute Gasteiger partial charge is 0.334 e. The van der Waals surface area contributed by atoms with E-state index in [0.29, 0.717) is 17.6 Å². The molecule has 1 saturated carbocycles. The molecule has 6 atom stereocenters. The highest BCUT2D eigenvalue weighted by atomic mass is 16.6. The van der Waals surface area contributed by atoms with Crippen LogP contribution in [-0.4, -0.2) is 47.4 Å². The Morgan fingerprint density at radius 2 is 1.97 bits per heavy atom. The summed E-state index contributed by atoms with van der Waals surface area (Å²) in [6, 6.07) is 0. The molecule has 7 heteroatoms. The van der Waals surface area contributed by atoms with Crippen LogP contribution in [0.1, 0.15) is 54.4 Å². The third kappa shape index (κ3) is 3.84. The van der Waals surface area contributed by atoms with E-state index in [1.54, 1.807) is 33.8 Å². The molecule has 1 heterocycles. The van der Waals surface area contributed by atoms with Crippen LogP contribution in [0.15, 0.2) is 34.9 Å². The summed E-state index contributed by atoms with van der Waals surface area (Å²) in [5, 5.41) is 11.1. The number of aliphatic hydroxyl groups excluding tert-OH is 1. The van der Waals surface area contributed by atoms with Crippen LogP contribution in [0.25, 0.3) is 0 Å². The first-order valence-electron chi connectivity index (χ1n) is 10.8. The van der Waals surface area contributed by atoms with E-state index in [1.807, 2.05) is 13.8 Å². The monoisotopic (exact) mass is 432 g/mol. The van der Waals surface area contributed by atoms with Crippen molar-refractivity contribution in [3.05, 3.63) is 34.9 Å². The van der Waals surface area contributed by atoms with Gasteiger partial charge < -0.3 is 19.3 Å². The minimum absolute atomic E-state index is 0.227. The van der Waals surface area contributed by atoms with Crippen molar-refractivity contribution in [2.24, 2.45) is 17.3 Å². The molecule has 3 aliphatic rings. The molecule has 2 aliphatic carbocycles. The van der Waals surface area contributed by atoms with Crippen molar-refractivity contribution >= 4 is 17.9 Å². The van der Waals surface area contributed by atoms with Crippen molar-refractivity contribution in [2.45, 2.75) is 78.8 Å². The standard InChI is InChI=1S/C24H32O7/c1-8-12(4)22(27)31-20-18-14(6)23(28)30-16(18)10-24(7)17(25)9-15(13(5)19(20)24)29-21(26)11(2)3/h8,11,15-18,20,25H,6,9-10H2,1-5,7H3. The highest BCUT2D eigenvalue weighted by Gasteiger charge is 2.60. The van der Waals surface area contributed by atoms with E-state index >= 15 is 0 Å². The van der Waals surface area contributed by atoms with Gasteiger partial charge in [-0.2, -0.15) is 0 Å². The molecule has 0 amide bonds.